The van der Waals surface area contributed by atoms with Gasteiger partial charge in [-0.05, 0) is 0 Å². The van der Waals surface area contributed by atoms with Crippen molar-refractivity contribution in [2.24, 2.45) is 5.84 Å². The Hall–Kier alpha value is -1.44. The lowest BCUT2D eigenvalue weighted by atomic mass is 9.96. The van der Waals surface area contributed by atoms with E-state index in [2.05, 4.69) is 15.4 Å². The van der Waals surface area contributed by atoms with Crippen LogP contribution in [-0.4, -0.2) is 43.5 Å². The maximum Gasteiger partial charge on any atom is 0.218 e. The van der Waals surface area contributed by atoms with Crippen LogP contribution in [0.25, 0.3) is 0 Å². The summed E-state index contributed by atoms with van der Waals surface area (Å²) in [6.07, 6.45) is 0.782. The molecule has 1 rings (SSSR count). The van der Waals surface area contributed by atoms with Crippen molar-refractivity contribution >= 4 is 5.82 Å². The Bertz CT molecular complexity index is 421. The zero-order valence-corrected chi connectivity index (χ0v) is 13.3. The number of nitrogens with zero attached hydrogens (tertiary/aromatic N) is 2. The van der Waals surface area contributed by atoms with E-state index in [4.69, 9.17) is 20.1 Å². The van der Waals surface area contributed by atoms with Crippen molar-refractivity contribution in [2.45, 2.75) is 32.6 Å². The minimum Gasteiger partial charge on any atom is -0.477 e. The van der Waals surface area contributed by atoms with E-state index in [1.54, 1.807) is 13.2 Å². The van der Waals surface area contributed by atoms with E-state index in [-0.39, 0.29) is 5.41 Å². The fourth-order valence-electron chi connectivity index (χ4n) is 1.49. The van der Waals surface area contributed by atoms with Crippen molar-refractivity contribution in [3.05, 3.63) is 11.9 Å². The Kier molecular flexibility index (Phi) is 7.35. The molecule has 3 N–H and O–H groups in total. The van der Waals surface area contributed by atoms with Gasteiger partial charge < -0.3 is 19.6 Å². The molecule has 0 spiro atoms. The summed E-state index contributed by atoms with van der Waals surface area (Å²) in [5.74, 6) is 7.17. The topological polar surface area (TPSA) is 91.5 Å². The van der Waals surface area contributed by atoms with Gasteiger partial charge in [-0.3, -0.25) is 0 Å². The molecule has 0 fully saturated rings. The van der Waals surface area contributed by atoms with Crippen LogP contribution in [0.1, 0.15) is 33.0 Å². The van der Waals surface area contributed by atoms with Gasteiger partial charge in [-0.15, -0.1) is 0 Å². The van der Waals surface area contributed by atoms with Crippen LogP contribution in [0.15, 0.2) is 6.07 Å². The Morgan fingerprint density at radius 3 is 2.52 bits per heavy atom. The van der Waals surface area contributed by atoms with Gasteiger partial charge >= 0.3 is 0 Å². The number of nitrogens with one attached hydrogen (secondary N) is 1. The summed E-state index contributed by atoms with van der Waals surface area (Å²) in [4.78, 5) is 8.75. The van der Waals surface area contributed by atoms with Crippen LogP contribution >= 0.6 is 0 Å². The molecule has 0 aromatic carbocycles. The summed E-state index contributed by atoms with van der Waals surface area (Å²) in [5.41, 5.74) is 2.36. The van der Waals surface area contributed by atoms with Gasteiger partial charge in [0.05, 0.1) is 19.8 Å². The number of ether oxygens (including phenoxy) is 3. The van der Waals surface area contributed by atoms with Crippen LogP contribution in [0.3, 0.4) is 0 Å². The van der Waals surface area contributed by atoms with Crippen molar-refractivity contribution in [3.8, 4) is 5.88 Å². The van der Waals surface area contributed by atoms with E-state index in [1.807, 2.05) is 20.8 Å². The van der Waals surface area contributed by atoms with Crippen molar-refractivity contribution < 1.29 is 14.2 Å². The highest BCUT2D eigenvalue weighted by Gasteiger charge is 2.19. The second-order valence-corrected chi connectivity index (χ2v) is 5.62. The minimum absolute atomic E-state index is 0.172. The molecule has 0 aliphatic heterocycles. The zero-order chi connectivity index (χ0) is 15.7. The lowest BCUT2D eigenvalue weighted by molar-refractivity contribution is 0.0641. The predicted molar refractivity (Wildman–Crippen MR) is 81.3 cm³/mol. The molecule has 0 aliphatic rings. The van der Waals surface area contributed by atoms with Crippen molar-refractivity contribution in [1.82, 2.24) is 9.97 Å². The van der Waals surface area contributed by atoms with Gasteiger partial charge in [0.15, 0.2) is 0 Å². The highest BCUT2D eigenvalue weighted by molar-refractivity contribution is 5.37. The van der Waals surface area contributed by atoms with Gasteiger partial charge in [0.2, 0.25) is 5.88 Å². The number of hydrazine groups is 1. The number of rotatable bonds is 9. The average molecular weight is 298 g/mol. The molecule has 7 heteroatoms. The third-order valence-electron chi connectivity index (χ3n) is 2.64. The van der Waals surface area contributed by atoms with E-state index >= 15 is 0 Å². The van der Waals surface area contributed by atoms with Crippen LogP contribution in [0.4, 0.5) is 5.82 Å². The van der Waals surface area contributed by atoms with E-state index < -0.39 is 0 Å². The summed E-state index contributed by atoms with van der Waals surface area (Å²) in [6, 6.07) is 1.68. The molecule has 0 saturated carbocycles. The third kappa shape index (κ3) is 6.70. The first-order chi connectivity index (χ1) is 9.97. The number of hydrogen-bond donors (Lipinski definition) is 2. The van der Waals surface area contributed by atoms with E-state index in [1.165, 1.54) is 0 Å². The largest absolute Gasteiger partial charge is 0.477 e. The molecule has 0 radical (unpaired) electrons. The number of anilines is 1. The molecule has 0 saturated heterocycles. The number of hydrogen-bond acceptors (Lipinski definition) is 7. The quantitative estimate of drug-likeness (QED) is 0.405. The normalized spacial score (nSPS) is 11.5. The predicted octanol–water partition coefficient (Wildman–Crippen LogP) is 1.49. The monoisotopic (exact) mass is 298 g/mol. The summed E-state index contributed by atoms with van der Waals surface area (Å²) in [6.45, 7) is 8.47. The van der Waals surface area contributed by atoms with Gasteiger partial charge in [0.25, 0.3) is 0 Å². The van der Waals surface area contributed by atoms with Crippen LogP contribution in [0.2, 0.25) is 0 Å². The summed E-state index contributed by atoms with van der Waals surface area (Å²) < 4.78 is 15.9. The molecule has 1 heterocycles. The maximum absolute atomic E-state index is 5.63. The van der Waals surface area contributed by atoms with Crippen LogP contribution in [0.5, 0.6) is 5.88 Å². The van der Waals surface area contributed by atoms with Crippen LogP contribution in [0, 0.1) is 0 Å². The molecule has 0 bridgehead atoms. The highest BCUT2D eigenvalue weighted by atomic mass is 16.5. The molecular weight excluding hydrogens is 272 g/mol. The van der Waals surface area contributed by atoms with Gasteiger partial charge in [-0.2, -0.15) is 4.98 Å². The minimum atomic E-state index is -0.172. The summed E-state index contributed by atoms with van der Waals surface area (Å²) >= 11 is 0. The van der Waals surface area contributed by atoms with E-state index in [0.717, 1.165) is 6.42 Å². The number of methoxy groups -OCH3 is 1. The lowest BCUT2D eigenvalue weighted by Crippen LogP contribution is -2.19. The molecule has 120 valence electrons. The van der Waals surface area contributed by atoms with Gasteiger partial charge in [0.1, 0.15) is 11.6 Å². The summed E-state index contributed by atoms with van der Waals surface area (Å²) in [7, 11) is 1.65. The van der Waals surface area contributed by atoms with Crippen LogP contribution in [-0.2, 0) is 14.9 Å². The first-order valence-corrected chi connectivity index (χ1v) is 7.03. The van der Waals surface area contributed by atoms with Crippen molar-refractivity contribution in [1.29, 1.82) is 0 Å². The Morgan fingerprint density at radius 2 is 1.90 bits per heavy atom. The molecule has 0 aliphatic carbocycles. The number of nitrogen functional groups attached to an aromatic ring is 1. The number of aromatic nitrogens is 2. The first kappa shape index (κ1) is 17.6. The van der Waals surface area contributed by atoms with Crippen molar-refractivity contribution in [3.63, 3.8) is 0 Å². The standard InChI is InChI=1S/C14H26N4O3/c1-14(2,3)13-16-11(18-15)10-12(17-13)21-7-5-6-20-9-8-19-4/h10H,5-9,15H2,1-4H3,(H,16,17,18). The molecule has 0 amide bonds. The Morgan fingerprint density at radius 1 is 1.14 bits per heavy atom. The second kappa shape index (κ2) is 8.76. The third-order valence-corrected chi connectivity index (χ3v) is 2.64. The summed E-state index contributed by atoms with van der Waals surface area (Å²) in [5, 5.41) is 0. The van der Waals surface area contributed by atoms with Gasteiger partial charge in [-0.1, -0.05) is 20.8 Å². The second-order valence-electron chi connectivity index (χ2n) is 5.62. The molecule has 1 aromatic heterocycles. The molecule has 0 atom stereocenters. The van der Waals surface area contributed by atoms with E-state index in [9.17, 15) is 0 Å². The highest BCUT2D eigenvalue weighted by Crippen LogP contribution is 2.22. The fourth-order valence-corrected chi connectivity index (χ4v) is 1.49. The number of nitrogens with two attached hydrogens (primary N) is 1. The molecule has 1 aromatic rings. The SMILES string of the molecule is COCCOCCCOc1cc(NN)nc(C(C)(C)C)n1. The lowest BCUT2D eigenvalue weighted by Gasteiger charge is -2.18. The van der Waals surface area contributed by atoms with E-state index in [0.29, 0.717) is 43.9 Å². The van der Waals surface area contributed by atoms with Gasteiger partial charge in [0, 0.05) is 31.6 Å². The Labute approximate surface area is 126 Å². The maximum atomic E-state index is 5.63. The van der Waals surface area contributed by atoms with Crippen LogP contribution < -0.4 is 16.0 Å². The van der Waals surface area contributed by atoms with Gasteiger partial charge in [-0.25, -0.2) is 10.8 Å². The molecular formula is C14H26N4O3. The fraction of sp³-hybridized carbons (Fsp3) is 0.714. The molecule has 7 nitrogen and oxygen atoms in total. The molecule has 21 heavy (non-hydrogen) atoms. The zero-order valence-electron chi connectivity index (χ0n) is 13.3. The van der Waals surface area contributed by atoms with Crippen molar-refractivity contribution in [2.75, 3.05) is 39.0 Å². The average Bonchev–Trinajstić information content (AvgIpc) is 2.45. The first-order valence-electron chi connectivity index (χ1n) is 7.03. The molecule has 0 unspecified atom stereocenters. The smallest absolute Gasteiger partial charge is 0.218 e. The Balaban J connectivity index is 2.47.